The van der Waals surface area contributed by atoms with Crippen LogP contribution >= 0.6 is 0 Å². The highest BCUT2D eigenvalue weighted by Gasteiger charge is 2.62. The maximum Gasteiger partial charge on any atom is 0.416 e. The molecule has 47 heavy (non-hydrogen) atoms. The van der Waals surface area contributed by atoms with Gasteiger partial charge in [-0.1, -0.05) is 48.5 Å². The lowest BCUT2D eigenvalue weighted by Crippen LogP contribution is -2.43. The molecule has 1 saturated carbocycles. The number of halogens is 6. The predicted octanol–water partition coefficient (Wildman–Crippen LogP) is 6.59. The number of piperidine rings is 1. The summed E-state index contributed by atoms with van der Waals surface area (Å²) in [5, 5.41) is 6.87. The van der Waals surface area contributed by atoms with Crippen molar-refractivity contribution in [1.29, 1.82) is 0 Å². The third kappa shape index (κ3) is 5.83. The van der Waals surface area contributed by atoms with Crippen LogP contribution in [-0.2, 0) is 21.9 Å². The molecule has 3 aliphatic rings. The summed E-state index contributed by atoms with van der Waals surface area (Å²) in [6.07, 6.45) is -6.48. The van der Waals surface area contributed by atoms with Gasteiger partial charge in [0.25, 0.3) is 0 Å². The van der Waals surface area contributed by atoms with Crippen molar-refractivity contribution in [3.63, 3.8) is 0 Å². The van der Waals surface area contributed by atoms with Crippen LogP contribution in [0.2, 0.25) is 0 Å². The molecule has 2 fully saturated rings. The number of carbonyl (C=O) groups excluding carboxylic acids is 2. The Bertz CT molecular complexity index is 1840. The average Bonchev–Trinajstić information content (AvgIpc) is 3.37. The van der Waals surface area contributed by atoms with Gasteiger partial charge in [-0.05, 0) is 46.9 Å². The Hall–Kier alpha value is -5.14. The molecule has 2 heterocycles. The van der Waals surface area contributed by atoms with Crippen LogP contribution in [0, 0.1) is 5.92 Å². The Balaban J connectivity index is 0.966. The molecule has 2 amide bonds. The molecule has 2 atom stereocenters. The van der Waals surface area contributed by atoms with Gasteiger partial charge in [0.15, 0.2) is 5.82 Å². The molecule has 242 valence electrons. The second kappa shape index (κ2) is 11.0. The van der Waals surface area contributed by atoms with Crippen LogP contribution < -0.4 is 5.32 Å². The van der Waals surface area contributed by atoms with E-state index in [0.717, 1.165) is 39.3 Å². The summed E-state index contributed by atoms with van der Waals surface area (Å²) in [6, 6.07) is 17.1. The van der Waals surface area contributed by atoms with E-state index in [2.05, 4.69) is 15.4 Å². The summed E-state index contributed by atoms with van der Waals surface area (Å²) >= 11 is 0. The van der Waals surface area contributed by atoms with Crippen molar-refractivity contribution in [2.75, 3.05) is 19.7 Å². The maximum absolute atomic E-state index is 13.2. The molecule has 1 aliphatic heterocycles. The molecule has 0 spiro atoms. The molecule has 7 rings (SSSR count). The Kier molecular flexibility index (Phi) is 7.13. The number of ether oxygens (including phenoxy) is 1. The molecule has 0 radical (unpaired) electrons. The number of likely N-dealkylation sites (tertiary alicyclic amines) is 1. The number of alkyl halides is 6. The first-order valence-corrected chi connectivity index (χ1v) is 14.6. The van der Waals surface area contributed by atoms with Gasteiger partial charge in [0, 0.05) is 42.8 Å². The normalized spacial score (nSPS) is 20.2. The summed E-state index contributed by atoms with van der Waals surface area (Å²) < 4.78 is 86.2. The van der Waals surface area contributed by atoms with Gasteiger partial charge in [-0.3, -0.25) is 4.79 Å². The van der Waals surface area contributed by atoms with Crippen LogP contribution in [0.15, 0.2) is 79.1 Å². The third-order valence-electron chi connectivity index (χ3n) is 8.88. The fraction of sp³-hybridized carbons (Fsp3) is 0.273. The molecule has 3 aromatic carbocycles. The first kappa shape index (κ1) is 30.5. The van der Waals surface area contributed by atoms with Gasteiger partial charge in [-0.15, -0.1) is 5.10 Å². The third-order valence-corrected chi connectivity index (χ3v) is 8.88. The standard InChI is InChI=1S/C33H25F6N5O3/c34-32(35,36)20-11-19(12-21(13-20)33(37,38)39)29-40-18-44(42-29)10-9-28(45)43-15-22-14-31(22,17-43)41-30(46)47-16-27-25-7-3-1-5-23(25)24-6-2-4-8-26(24)27/h1-13,18,22,27H,14-17H2,(H,41,46)/b10-9-. The SMILES string of the molecule is O=C(NC12CC1CN(C(=O)/C=C\n1cnc(-c3cc(C(F)(F)F)cc(C(F)(F)F)c3)n1)C2)OCC1c2ccccc2-c2ccccc21. The molecule has 4 aromatic rings. The molecule has 1 N–H and O–H groups in total. The summed E-state index contributed by atoms with van der Waals surface area (Å²) in [4.78, 5) is 31.2. The molecular weight excluding hydrogens is 628 g/mol. The Morgan fingerprint density at radius 3 is 2.17 bits per heavy atom. The average molecular weight is 654 g/mol. The first-order chi connectivity index (χ1) is 22.3. The maximum atomic E-state index is 13.2. The van der Waals surface area contributed by atoms with Crippen molar-refractivity contribution in [2.24, 2.45) is 5.92 Å². The zero-order chi connectivity index (χ0) is 33.1. The second-order valence-electron chi connectivity index (χ2n) is 11.9. The van der Waals surface area contributed by atoms with Gasteiger partial charge in [-0.2, -0.15) is 26.3 Å². The number of benzene rings is 3. The van der Waals surface area contributed by atoms with Crippen molar-refractivity contribution in [3.05, 3.63) is 101 Å². The molecule has 2 unspecified atom stereocenters. The van der Waals surface area contributed by atoms with Crippen LogP contribution in [-0.4, -0.2) is 56.9 Å². The number of nitrogens with zero attached hydrogens (tertiary/aromatic N) is 4. The van der Waals surface area contributed by atoms with Crippen LogP contribution in [0.3, 0.4) is 0 Å². The number of hydrogen-bond donors (Lipinski definition) is 1. The Morgan fingerprint density at radius 1 is 0.936 bits per heavy atom. The first-order valence-electron chi connectivity index (χ1n) is 14.6. The molecule has 0 bridgehead atoms. The van der Waals surface area contributed by atoms with Crippen LogP contribution in [0.5, 0.6) is 0 Å². The fourth-order valence-corrected chi connectivity index (χ4v) is 6.49. The summed E-state index contributed by atoms with van der Waals surface area (Å²) in [6.45, 7) is 0.794. The molecule has 1 aromatic heterocycles. The zero-order valence-electron chi connectivity index (χ0n) is 24.3. The van der Waals surface area contributed by atoms with E-state index >= 15 is 0 Å². The van der Waals surface area contributed by atoms with Crippen molar-refractivity contribution >= 4 is 18.2 Å². The topological polar surface area (TPSA) is 89.4 Å². The van der Waals surface area contributed by atoms with Crippen molar-refractivity contribution in [1.82, 2.24) is 25.0 Å². The zero-order valence-corrected chi connectivity index (χ0v) is 24.3. The van der Waals surface area contributed by atoms with E-state index in [1.165, 1.54) is 11.1 Å². The van der Waals surface area contributed by atoms with Gasteiger partial charge in [0.1, 0.15) is 12.9 Å². The van der Waals surface area contributed by atoms with Gasteiger partial charge in [0.2, 0.25) is 5.91 Å². The van der Waals surface area contributed by atoms with E-state index in [1.54, 1.807) is 0 Å². The Morgan fingerprint density at radius 2 is 1.55 bits per heavy atom. The van der Waals surface area contributed by atoms with E-state index in [-0.39, 0.29) is 36.9 Å². The monoisotopic (exact) mass is 653 g/mol. The largest absolute Gasteiger partial charge is 0.449 e. The minimum Gasteiger partial charge on any atom is -0.449 e. The molecule has 1 saturated heterocycles. The highest BCUT2D eigenvalue weighted by Crippen LogP contribution is 2.50. The summed E-state index contributed by atoms with van der Waals surface area (Å²) in [5.41, 5.74) is 0.351. The lowest BCUT2D eigenvalue weighted by Gasteiger charge is -2.21. The van der Waals surface area contributed by atoms with Crippen LogP contribution in [0.25, 0.3) is 28.7 Å². The number of nitrogens with one attached hydrogen (secondary N) is 1. The van der Waals surface area contributed by atoms with Gasteiger partial charge >= 0.3 is 18.4 Å². The van der Waals surface area contributed by atoms with Crippen LogP contribution in [0.4, 0.5) is 31.1 Å². The summed E-state index contributed by atoms with van der Waals surface area (Å²) in [5.74, 6) is -0.846. The van der Waals surface area contributed by atoms with Gasteiger partial charge in [-0.25, -0.2) is 14.5 Å². The lowest BCUT2D eigenvalue weighted by molar-refractivity contribution is -0.143. The molecular formula is C33H25F6N5O3. The highest BCUT2D eigenvalue weighted by molar-refractivity contribution is 5.91. The van der Waals surface area contributed by atoms with Gasteiger partial charge in [0.05, 0.1) is 16.7 Å². The predicted molar refractivity (Wildman–Crippen MR) is 156 cm³/mol. The number of hydrogen-bond acceptors (Lipinski definition) is 5. The number of fused-ring (bicyclic) bond motifs is 4. The van der Waals surface area contributed by atoms with Crippen LogP contribution in [0.1, 0.15) is 34.6 Å². The minimum absolute atomic E-state index is 0.0227. The van der Waals surface area contributed by atoms with E-state index in [4.69, 9.17) is 4.74 Å². The fourth-order valence-electron chi connectivity index (χ4n) is 6.49. The Labute approximate surface area is 263 Å². The van der Waals surface area contributed by atoms with E-state index in [9.17, 15) is 35.9 Å². The number of rotatable bonds is 6. The van der Waals surface area contributed by atoms with Gasteiger partial charge < -0.3 is 15.0 Å². The quantitative estimate of drug-likeness (QED) is 0.187. The lowest BCUT2D eigenvalue weighted by atomic mass is 9.98. The second-order valence-corrected chi connectivity index (χ2v) is 11.9. The van der Waals surface area contributed by atoms with E-state index in [0.29, 0.717) is 25.1 Å². The minimum atomic E-state index is -5.02. The smallest absolute Gasteiger partial charge is 0.416 e. The number of aromatic nitrogens is 3. The number of amides is 2. The van der Waals surface area contributed by atoms with E-state index in [1.807, 2.05) is 48.5 Å². The highest BCUT2D eigenvalue weighted by atomic mass is 19.4. The summed E-state index contributed by atoms with van der Waals surface area (Å²) in [7, 11) is 0. The molecule has 14 heteroatoms. The van der Waals surface area contributed by atoms with Crippen molar-refractivity contribution in [3.8, 4) is 22.5 Å². The van der Waals surface area contributed by atoms with Crippen molar-refractivity contribution < 1.29 is 40.7 Å². The van der Waals surface area contributed by atoms with Crippen molar-refractivity contribution in [2.45, 2.75) is 30.2 Å². The molecule has 8 nitrogen and oxygen atoms in total. The molecule has 2 aliphatic carbocycles. The number of carbonyl (C=O) groups is 2. The number of alkyl carbamates (subject to hydrolysis) is 1. The van der Waals surface area contributed by atoms with E-state index < -0.39 is 46.6 Å².